The van der Waals surface area contributed by atoms with E-state index < -0.39 is 0 Å². The average molecular weight is 206 g/mol. The van der Waals surface area contributed by atoms with E-state index in [0.717, 1.165) is 0 Å². The van der Waals surface area contributed by atoms with Gasteiger partial charge >= 0.3 is 0 Å². The highest BCUT2D eigenvalue weighted by Crippen LogP contribution is 2.27. The van der Waals surface area contributed by atoms with Crippen molar-refractivity contribution in [1.82, 2.24) is 0 Å². The Hall–Kier alpha value is -0.860. The second kappa shape index (κ2) is 3.90. The predicted molar refractivity (Wildman–Crippen MR) is 62.3 cm³/mol. The van der Waals surface area contributed by atoms with Gasteiger partial charge in [-0.3, -0.25) is 0 Å². The Morgan fingerprint density at radius 1 is 1.23 bits per heavy atom. The smallest absolute Gasteiger partial charge is 0.0273 e. The normalized spacial score (nSPS) is 11.2. The molecular formula is C11H10S2. The molecule has 66 valence electrons. The Morgan fingerprint density at radius 3 is 2.85 bits per heavy atom. The molecule has 0 aliphatic rings. The zero-order valence-corrected chi connectivity index (χ0v) is 8.99. The second-order valence-corrected chi connectivity index (χ2v) is 4.47. The van der Waals surface area contributed by atoms with Gasteiger partial charge in [0.05, 0.1) is 0 Å². The van der Waals surface area contributed by atoms with E-state index in [4.69, 9.17) is 0 Å². The first-order valence-corrected chi connectivity index (χ1v) is 5.96. The lowest BCUT2D eigenvalue weighted by atomic mass is 10.2. The summed E-state index contributed by atoms with van der Waals surface area (Å²) in [6.45, 7) is 2.05. The van der Waals surface area contributed by atoms with Crippen molar-refractivity contribution in [1.29, 1.82) is 0 Å². The van der Waals surface area contributed by atoms with E-state index in [1.165, 1.54) is 16.0 Å². The van der Waals surface area contributed by atoms with E-state index in [1.54, 1.807) is 22.7 Å². The summed E-state index contributed by atoms with van der Waals surface area (Å²) in [5.41, 5.74) is 2.66. The molecule has 2 heteroatoms. The molecule has 0 aliphatic heterocycles. The molecule has 0 saturated heterocycles. The molecule has 0 spiro atoms. The van der Waals surface area contributed by atoms with Crippen LogP contribution in [-0.4, -0.2) is 0 Å². The van der Waals surface area contributed by atoms with Crippen LogP contribution in [-0.2, 0) is 0 Å². The van der Waals surface area contributed by atoms with E-state index in [0.29, 0.717) is 0 Å². The summed E-state index contributed by atoms with van der Waals surface area (Å²) >= 11 is 3.53. The fourth-order valence-corrected chi connectivity index (χ4v) is 2.73. The Morgan fingerprint density at radius 2 is 2.15 bits per heavy atom. The van der Waals surface area contributed by atoms with Crippen LogP contribution in [0.3, 0.4) is 0 Å². The largest absolute Gasteiger partial charge is 0.152 e. The van der Waals surface area contributed by atoms with Crippen molar-refractivity contribution < 1.29 is 0 Å². The van der Waals surface area contributed by atoms with E-state index in [2.05, 4.69) is 40.4 Å². The van der Waals surface area contributed by atoms with E-state index in [-0.39, 0.29) is 0 Å². The topological polar surface area (TPSA) is 0 Å². The third kappa shape index (κ3) is 1.90. The van der Waals surface area contributed by atoms with Gasteiger partial charge in [0.25, 0.3) is 0 Å². The summed E-state index contributed by atoms with van der Waals surface area (Å²) in [6, 6.07) is 4.39. The minimum absolute atomic E-state index is 1.32. The predicted octanol–water partition coefficient (Wildman–Crippen LogP) is 4.51. The van der Waals surface area contributed by atoms with Gasteiger partial charge in [-0.05, 0) is 52.4 Å². The van der Waals surface area contributed by atoms with Crippen LogP contribution in [0.1, 0.15) is 11.8 Å². The third-order valence-electron chi connectivity index (χ3n) is 1.81. The van der Waals surface area contributed by atoms with Crippen LogP contribution in [0, 0.1) is 0 Å². The van der Waals surface area contributed by atoms with Gasteiger partial charge in [-0.1, -0.05) is 6.08 Å². The maximum absolute atomic E-state index is 2.23. The quantitative estimate of drug-likeness (QED) is 0.678. The Balaban J connectivity index is 2.33. The second-order valence-electron chi connectivity index (χ2n) is 2.75. The summed E-state index contributed by atoms with van der Waals surface area (Å²) in [4.78, 5) is 1.32. The SMILES string of the molecule is CC=Cc1cc(-c2ccsc2)cs1. The van der Waals surface area contributed by atoms with Crippen molar-refractivity contribution in [3.8, 4) is 11.1 Å². The summed E-state index contributed by atoms with van der Waals surface area (Å²) in [5, 5.41) is 6.50. The van der Waals surface area contributed by atoms with Crippen molar-refractivity contribution >= 4 is 28.7 Å². The molecule has 2 aromatic heterocycles. The summed E-state index contributed by atoms with van der Waals surface area (Å²) in [5.74, 6) is 0. The molecule has 0 N–H and O–H groups in total. The van der Waals surface area contributed by atoms with Crippen molar-refractivity contribution in [2.45, 2.75) is 6.92 Å². The molecule has 0 bridgehead atoms. The lowest BCUT2D eigenvalue weighted by Crippen LogP contribution is -1.63. The van der Waals surface area contributed by atoms with Crippen LogP contribution >= 0.6 is 22.7 Å². The highest BCUT2D eigenvalue weighted by molar-refractivity contribution is 7.11. The highest BCUT2D eigenvalue weighted by Gasteiger charge is 1.99. The first kappa shape index (κ1) is 8.73. The maximum Gasteiger partial charge on any atom is 0.0273 e. The zero-order valence-electron chi connectivity index (χ0n) is 7.36. The molecule has 0 aliphatic carbocycles. The number of thiophene rings is 2. The molecule has 0 aromatic carbocycles. The van der Waals surface area contributed by atoms with Crippen LogP contribution in [0.25, 0.3) is 17.2 Å². The molecule has 2 aromatic rings. The molecule has 0 nitrogen and oxygen atoms in total. The van der Waals surface area contributed by atoms with E-state index in [9.17, 15) is 0 Å². The van der Waals surface area contributed by atoms with Gasteiger partial charge in [0.15, 0.2) is 0 Å². The Labute approximate surface area is 86.2 Å². The first-order valence-electron chi connectivity index (χ1n) is 4.14. The van der Waals surface area contributed by atoms with Crippen LogP contribution in [0.4, 0.5) is 0 Å². The molecule has 0 saturated carbocycles. The first-order chi connectivity index (χ1) is 6.40. The molecule has 2 heterocycles. The Bertz CT molecular complexity index is 393. The fraction of sp³-hybridized carbons (Fsp3) is 0.0909. The molecule has 2 rings (SSSR count). The van der Waals surface area contributed by atoms with Crippen LogP contribution in [0.5, 0.6) is 0 Å². The summed E-state index contributed by atoms with van der Waals surface area (Å²) in [6.07, 6.45) is 4.21. The number of hydrogen-bond acceptors (Lipinski definition) is 2. The van der Waals surface area contributed by atoms with Crippen molar-refractivity contribution in [3.05, 3.63) is 39.2 Å². The van der Waals surface area contributed by atoms with E-state index >= 15 is 0 Å². The average Bonchev–Trinajstić information content (AvgIpc) is 2.70. The number of hydrogen-bond donors (Lipinski definition) is 0. The highest BCUT2D eigenvalue weighted by atomic mass is 32.1. The maximum atomic E-state index is 2.23. The standard InChI is InChI=1S/C11H10S2/c1-2-3-11-6-10(8-13-11)9-4-5-12-7-9/h2-8H,1H3. The lowest BCUT2D eigenvalue weighted by molar-refractivity contribution is 1.77. The zero-order chi connectivity index (χ0) is 9.10. The third-order valence-corrected chi connectivity index (χ3v) is 3.39. The van der Waals surface area contributed by atoms with Crippen molar-refractivity contribution in [2.75, 3.05) is 0 Å². The van der Waals surface area contributed by atoms with Gasteiger partial charge in [0.2, 0.25) is 0 Å². The van der Waals surface area contributed by atoms with Gasteiger partial charge in [-0.2, -0.15) is 11.3 Å². The van der Waals surface area contributed by atoms with E-state index in [1.807, 2.05) is 6.92 Å². The monoisotopic (exact) mass is 206 g/mol. The van der Waals surface area contributed by atoms with Crippen LogP contribution in [0.15, 0.2) is 34.3 Å². The number of rotatable bonds is 2. The van der Waals surface area contributed by atoms with Crippen molar-refractivity contribution in [2.24, 2.45) is 0 Å². The van der Waals surface area contributed by atoms with Gasteiger partial charge in [0.1, 0.15) is 0 Å². The Kier molecular flexibility index (Phi) is 2.62. The fourth-order valence-electron chi connectivity index (χ4n) is 1.18. The lowest BCUT2D eigenvalue weighted by Gasteiger charge is -1.87. The molecule has 0 unspecified atom stereocenters. The van der Waals surface area contributed by atoms with Crippen LogP contribution < -0.4 is 0 Å². The molecule has 0 amide bonds. The minimum Gasteiger partial charge on any atom is -0.152 e. The number of allylic oxidation sites excluding steroid dienone is 1. The summed E-state index contributed by atoms with van der Waals surface area (Å²) in [7, 11) is 0. The molecule has 0 atom stereocenters. The van der Waals surface area contributed by atoms with Gasteiger partial charge in [-0.25, -0.2) is 0 Å². The molecule has 0 fully saturated rings. The minimum atomic E-state index is 1.32. The molecule has 0 radical (unpaired) electrons. The van der Waals surface area contributed by atoms with Gasteiger partial charge in [-0.15, -0.1) is 11.3 Å². The summed E-state index contributed by atoms with van der Waals surface area (Å²) < 4.78 is 0. The molecular weight excluding hydrogens is 196 g/mol. The van der Waals surface area contributed by atoms with Crippen LogP contribution in [0.2, 0.25) is 0 Å². The van der Waals surface area contributed by atoms with Gasteiger partial charge in [0, 0.05) is 4.88 Å². The molecule has 13 heavy (non-hydrogen) atoms. The van der Waals surface area contributed by atoms with Crippen molar-refractivity contribution in [3.63, 3.8) is 0 Å². The van der Waals surface area contributed by atoms with Gasteiger partial charge < -0.3 is 0 Å².